The lowest BCUT2D eigenvalue weighted by molar-refractivity contribution is 0.0234. The molecule has 1 atom stereocenters. The van der Waals surface area contributed by atoms with Gasteiger partial charge in [0.25, 0.3) is 5.91 Å². The van der Waals surface area contributed by atoms with Gasteiger partial charge in [0.2, 0.25) is 0 Å². The minimum absolute atomic E-state index is 0.155. The van der Waals surface area contributed by atoms with Gasteiger partial charge in [0.05, 0.1) is 17.7 Å². The number of hydrogen-bond acceptors (Lipinski definition) is 6. The van der Waals surface area contributed by atoms with Crippen molar-refractivity contribution < 1.29 is 14.5 Å². The van der Waals surface area contributed by atoms with Gasteiger partial charge in [0, 0.05) is 11.6 Å². The number of aliphatic hydroxyl groups is 1. The van der Waals surface area contributed by atoms with Crippen LogP contribution in [0.5, 0.6) is 0 Å². The first-order valence-corrected chi connectivity index (χ1v) is 8.24. The van der Waals surface area contributed by atoms with Crippen LogP contribution in [0.15, 0.2) is 41.2 Å². The number of carbonyl (C=O) groups excluding carboxylic acids is 1. The van der Waals surface area contributed by atoms with Crippen molar-refractivity contribution in [3.63, 3.8) is 0 Å². The van der Waals surface area contributed by atoms with Crippen LogP contribution in [0.25, 0.3) is 10.9 Å². The predicted molar refractivity (Wildman–Crippen MR) is 89.7 cm³/mol. The molecule has 1 fully saturated rings. The molecule has 2 N–H and O–H groups in total. The fourth-order valence-corrected chi connectivity index (χ4v) is 3.28. The summed E-state index contributed by atoms with van der Waals surface area (Å²) in [5, 5.41) is 21.0. The second-order valence-corrected chi connectivity index (χ2v) is 6.50. The summed E-state index contributed by atoms with van der Waals surface area (Å²) in [7, 11) is 0. The molecular weight excluding hydrogens is 320 g/mol. The molecule has 0 aliphatic heterocycles. The van der Waals surface area contributed by atoms with Crippen molar-refractivity contribution in [2.75, 3.05) is 0 Å². The number of nitrogens with zero attached hydrogens (tertiary/aromatic N) is 3. The maximum absolute atomic E-state index is 12.5. The summed E-state index contributed by atoms with van der Waals surface area (Å²) in [6, 6.07) is 9.63. The van der Waals surface area contributed by atoms with E-state index in [1.807, 2.05) is 30.3 Å². The largest absolute Gasteiger partial charge is 0.393 e. The number of pyridine rings is 1. The van der Waals surface area contributed by atoms with Gasteiger partial charge in [-0.25, -0.2) is 4.63 Å². The van der Waals surface area contributed by atoms with E-state index in [0.717, 1.165) is 16.5 Å². The lowest BCUT2D eigenvalue weighted by Crippen LogP contribution is -2.41. The third-order valence-corrected chi connectivity index (χ3v) is 4.75. The highest BCUT2D eigenvalue weighted by Gasteiger charge is 2.36. The van der Waals surface area contributed by atoms with E-state index in [-0.39, 0.29) is 29.7 Å². The number of aryl methyl sites for hydroxylation is 1. The first kappa shape index (κ1) is 15.7. The number of fused-ring (bicyclic) bond motifs is 1. The minimum Gasteiger partial charge on any atom is -0.393 e. The molecule has 0 spiro atoms. The van der Waals surface area contributed by atoms with Crippen LogP contribution in [0.2, 0.25) is 0 Å². The summed E-state index contributed by atoms with van der Waals surface area (Å²) < 4.78 is 4.62. The Kier molecular flexibility index (Phi) is 3.93. The summed E-state index contributed by atoms with van der Waals surface area (Å²) >= 11 is 0. The van der Waals surface area contributed by atoms with E-state index in [1.165, 1.54) is 0 Å². The third-order valence-electron chi connectivity index (χ3n) is 4.75. The smallest absolute Gasteiger partial charge is 0.275 e. The summed E-state index contributed by atoms with van der Waals surface area (Å²) in [4.78, 5) is 17.0. The molecule has 0 bridgehead atoms. The third kappa shape index (κ3) is 2.98. The molecule has 1 aliphatic rings. The highest BCUT2D eigenvalue weighted by molar-refractivity contribution is 5.93. The van der Waals surface area contributed by atoms with Crippen LogP contribution in [0.4, 0.5) is 0 Å². The fourth-order valence-electron chi connectivity index (χ4n) is 3.28. The zero-order valence-corrected chi connectivity index (χ0v) is 13.7. The Bertz CT molecular complexity index is 917. The number of amides is 1. The molecule has 1 aliphatic carbocycles. The maximum atomic E-state index is 12.5. The van der Waals surface area contributed by atoms with Crippen LogP contribution >= 0.6 is 0 Å². The average molecular weight is 338 g/mol. The van der Waals surface area contributed by atoms with E-state index in [4.69, 9.17) is 0 Å². The Morgan fingerprint density at radius 3 is 2.84 bits per heavy atom. The first-order valence-electron chi connectivity index (χ1n) is 8.24. The molecule has 128 valence electrons. The number of rotatable bonds is 4. The molecule has 3 aromatic rings. The second-order valence-electron chi connectivity index (χ2n) is 6.50. The minimum atomic E-state index is -0.335. The second kappa shape index (κ2) is 6.25. The predicted octanol–water partition coefficient (Wildman–Crippen LogP) is 2.17. The van der Waals surface area contributed by atoms with Gasteiger partial charge in [-0.05, 0) is 48.5 Å². The molecule has 2 aromatic heterocycles. The molecule has 7 nitrogen and oxygen atoms in total. The topological polar surface area (TPSA) is 101 Å². The number of aliphatic hydroxyl groups excluding tert-OH is 1. The molecule has 7 heteroatoms. The van der Waals surface area contributed by atoms with E-state index in [0.29, 0.717) is 18.5 Å². The summed E-state index contributed by atoms with van der Waals surface area (Å²) in [5.74, 6) is -0.180. The number of hydrogen-bond donors (Lipinski definition) is 2. The molecule has 0 radical (unpaired) electrons. The summed E-state index contributed by atoms with van der Waals surface area (Å²) in [6.45, 7) is 1.67. The van der Waals surface area contributed by atoms with Crippen LogP contribution in [-0.4, -0.2) is 32.4 Å². The molecule has 1 aromatic carbocycles. The molecule has 25 heavy (non-hydrogen) atoms. The summed E-state index contributed by atoms with van der Waals surface area (Å²) in [5.41, 5.74) is 2.44. The van der Waals surface area contributed by atoms with Crippen molar-refractivity contribution in [3.8, 4) is 0 Å². The van der Waals surface area contributed by atoms with Gasteiger partial charge >= 0.3 is 0 Å². The molecular formula is C18H18N4O3. The summed E-state index contributed by atoms with van der Waals surface area (Å²) in [6.07, 6.45) is 2.77. The molecule has 2 heterocycles. The van der Waals surface area contributed by atoms with Crippen molar-refractivity contribution in [1.29, 1.82) is 0 Å². The standard InChI is InChI=1S/C18H18N4O3/c1-10-16(22-25-21-10)18(24)20-17(12-7-14(23)8-12)13-6-11-4-2-3-5-15(11)19-9-13/h2-6,9,12,14,17,23H,7-8H2,1H3,(H,20,24)/t12?,14?,17-/m0/s1. The Balaban J connectivity index is 1.65. The number of para-hydroxylation sites is 1. The monoisotopic (exact) mass is 338 g/mol. The fraction of sp³-hybridized carbons (Fsp3) is 0.333. The number of benzene rings is 1. The normalized spacial score (nSPS) is 20.9. The van der Waals surface area contributed by atoms with Crippen molar-refractivity contribution in [3.05, 3.63) is 53.5 Å². The Morgan fingerprint density at radius 2 is 2.12 bits per heavy atom. The first-order chi connectivity index (χ1) is 12.1. The molecule has 0 saturated heterocycles. The zero-order valence-electron chi connectivity index (χ0n) is 13.7. The van der Waals surface area contributed by atoms with E-state index in [9.17, 15) is 9.90 Å². The van der Waals surface area contributed by atoms with Gasteiger partial charge in [0.15, 0.2) is 5.69 Å². The van der Waals surface area contributed by atoms with E-state index < -0.39 is 0 Å². The van der Waals surface area contributed by atoms with E-state index >= 15 is 0 Å². The molecule has 1 saturated carbocycles. The Labute approximate surface area is 144 Å². The van der Waals surface area contributed by atoms with Crippen molar-refractivity contribution in [2.45, 2.75) is 31.9 Å². The van der Waals surface area contributed by atoms with Crippen LogP contribution in [-0.2, 0) is 0 Å². The Morgan fingerprint density at radius 1 is 1.32 bits per heavy atom. The number of carbonyl (C=O) groups is 1. The molecule has 1 amide bonds. The number of nitrogens with one attached hydrogen (secondary N) is 1. The van der Waals surface area contributed by atoms with Crippen LogP contribution in [0.1, 0.15) is 40.6 Å². The van der Waals surface area contributed by atoms with Crippen molar-refractivity contribution in [1.82, 2.24) is 20.6 Å². The highest BCUT2D eigenvalue weighted by atomic mass is 16.6. The van der Waals surface area contributed by atoms with Crippen molar-refractivity contribution in [2.24, 2.45) is 5.92 Å². The van der Waals surface area contributed by atoms with E-state index in [2.05, 4.69) is 25.2 Å². The van der Waals surface area contributed by atoms with Crippen LogP contribution < -0.4 is 5.32 Å². The van der Waals surface area contributed by atoms with Gasteiger partial charge in [-0.15, -0.1) is 0 Å². The molecule has 4 rings (SSSR count). The average Bonchev–Trinajstić information content (AvgIpc) is 3.03. The van der Waals surface area contributed by atoms with Gasteiger partial charge in [-0.3, -0.25) is 9.78 Å². The van der Waals surface area contributed by atoms with Crippen LogP contribution in [0, 0.1) is 12.8 Å². The van der Waals surface area contributed by atoms with E-state index in [1.54, 1.807) is 13.1 Å². The van der Waals surface area contributed by atoms with Crippen LogP contribution in [0.3, 0.4) is 0 Å². The SMILES string of the molecule is Cc1nonc1C(=O)N[C@H](c1cnc2ccccc2c1)C1CC(O)C1. The number of aromatic nitrogens is 3. The zero-order chi connectivity index (χ0) is 17.4. The molecule has 0 unspecified atom stereocenters. The van der Waals surface area contributed by atoms with Gasteiger partial charge < -0.3 is 10.4 Å². The maximum Gasteiger partial charge on any atom is 0.275 e. The lowest BCUT2D eigenvalue weighted by Gasteiger charge is -2.38. The van der Waals surface area contributed by atoms with Gasteiger partial charge in [-0.1, -0.05) is 23.4 Å². The lowest BCUT2D eigenvalue weighted by atomic mass is 9.75. The Hall–Kier alpha value is -2.80. The quantitative estimate of drug-likeness (QED) is 0.756. The highest BCUT2D eigenvalue weighted by Crippen LogP contribution is 2.38. The van der Waals surface area contributed by atoms with Gasteiger partial charge in [-0.2, -0.15) is 0 Å². The van der Waals surface area contributed by atoms with Crippen molar-refractivity contribution >= 4 is 16.8 Å². The van der Waals surface area contributed by atoms with Gasteiger partial charge in [0.1, 0.15) is 5.69 Å².